The van der Waals surface area contributed by atoms with Crippen LogP contribution in [0.25, 0.3) is 12.2 Å². The Morgan fingerprint density at radius 1 is 1.30 bits per heavy atom. The van der Waals surface area contributed by atoms with Gasteiger partial charge in [-0.25, -0.2) is 0 Å². The molecule has 0 unspecified atom stereocenters. The minimum Gasteiger partial charge on any atom is -0.461 e. The molecule has 0 fully saturated rings. The van der Waals surface area contributed by atoms with Gasteiger partial charge in [0.15, 0.2) is 5.76 Å². The average Bonchev–Trinajstić information content (AvgIpc) is 3.34. The van der Waals surface area contributed by atoms with Crippen LogP contribution in [0.3, 0.4) is 0 Å². The van der Waals surface area contributed by atoms with Crippen molar-refractivity contribution in [1.29, 1.82) is 0 Å². The van der Waals surface area contributed by atoms with Crippen molar-refractivity contribution in [2.45, 2.75) is 26.4 Å². The zero-order valence-corrected chi connectivity index (χ0v) is 16.4. The molecule has 0 spiro atoms. The van der Waals surface area contributed by atoms with Crippen LogP contribution in [-0.2, 0) is 11.3 Å². The second kappa shape index (κ2) is 8.32. The van der Waals surface area contributed by atoms with Gasteiger partial charge in [-0.15, -0.1) is 22.7 Å². The molecule has 3 rings (SSSR count). The van der Waals surface area contributed by atoms with E-state index in [9.17, 15) is 14.4 Å². The number of ketones is 1. The zero-order valence-electron chi connectivity index (χ0n) is 14.8. The minimum atomic E-state index is -0.359. The first kappa shape index (κ1) is 19.1. The number of carbonyl (C=O) groups excluding carboxylic acids is 2. The normalized spacial score (nSPS) is 12.7. The second-order valence-electron chi connectivity index (χ2n) is 6.06. The van der Waals surface area contributed by atoms with Gasteiger partial charge in [0.2, 0.25) is 11.7 Å². The van der Waals surface area contributed by atoms with Crippen LogP contribution in [-0.4, -0.2) is 22.3 Å². The third-order valence-electron chi connectivity index (χ3n) is 3.52. The molecule has 3 aromatic heterocycles. The van der Waals surface area contributed by atoms with Gasteiger partial charge in [-0.3, -0.25) is 19.0 Å². The number of rotatable bonds is 6. The van der Waals surface area contributed by atoms with Gasteiger partial charge in [-0.05, 0) is 43.5 Å². The van der Waals surface area contributed by atoms with Crippen molar-refractivity contribution in [3.05, 3.63) is 66.1 Å². The largest absolute Gasteiger partial charge is 0.461 e. The average molecular weight is 402 g/mol. The lowest BCUT2D eigenvalue weighted by Gasteiger charge is -2.08. The van der Waals surface area contributed by atoms with E-state index in [1.807, 2.05) is 31.4 Å². The number of furan rings is 1. The number of amides is 1. The number of aromatic nitrogens is 1. The molecule has 6 nitrogen and oxygen atoms in total. The van der Waals surface area contributed by atoms with Gasteiger partial charge in [-0.1, -0.05) is 6.07 Å². The highest BCUT2D eigenvalue weighted by Crippen LogP contribution is 2.08. The maximum atomic E-state index is 12.8. The van der Waals surface area contributed by atoms with Gasteiger partial charge in [0.25, 0.3) is 5.56 Å². The molecule has 3 aromatic rings. The number of hydrogen-bond acceptors (Lipinski definition) is 6. The molecule has 1 amide bonds. The molecule has 3 heterocycles. The maximum absolute atomic E-state index is 12.8. The van der Waals surface area contributed by atoms with Crippen molar-refractivity contribution in [1.82, 2.24) is 9.88 Å². The number of nitrogens with one attached hydrogen (secondary N) is 1. The highest BCUT2D eigenvalue weighted by Gasteiger charge is 2.13. The predicted molar refractivity (Wildman–Crippen MR) is 106 cm³/mol. The van der Waals surface area contributed by atoms with Crippen molar-refractivity contribution >= 4 is 46.5 Å². The topological polar surface area (TPSA) is 81.3 Å². The van der Waals surface area contributed by atoms with E-state index in [0.717, 1.165) is 4.88 Å². The monoisotopic (exact) mass is 402 g/mol. The molecular weight excluding hydrogens is 384 g/mol. The summed E-state index contributed by atoms with van der Waals surface area (Å²) in [5, 5.41) is 4.68. The van der Waals surface area contributed by atoms with E-state index < -0.39 is 0 Å². The summed E-state index contributed by atoms with van der Waals surface area (Å²) in [7, 11) is 0. The Kier molecular flexibility index (Phi) is 5.88. The van der Waals surface area contributed by atoms with Gasteiger partial charge in [0.1, 0.15) is 11.2 Å². The SMILES string of the molecule is CC(C)NC(=O)Cn1c(=O)/c(=C\c2cccs2)s/c1=C\C(=O)c1ccco1. The van der Waals surface area contributed by atoms with Crippen LogP contribution in [0.2, 0.25) is 0 Å². The summed E-state index contributed by atoms with van der Waals surface area (Å²) in [4.78, 5) is 38.3. The van der Waals surface area contributed by atoms with Crippen molar-refractivity contribution in [2.24, 2.45) is 0 Å². The highest BCUT2D eigenvalue weighted by molar-refractivity contribution is 7.11. The van der Waals surface area contributed by atoms with E-state index in [2.05, 4.69) is 5.32 Å². The van der Waals surface area contributed by atoms with E-state index in [0.29, 0.717) is 9.20 Å². The third kappa shape index (κ3) is 4.72. The molecule has 0 radical (unpaired) electrons. The van der Waals surface area contributed by atoms with Crippen LogP contribution < -0.4 is 20.1 Å². The van der Waals surface area contributed by atoms with Crippen LogP contribution in [0.1, 0.15) is 29.3 Å². The molecule has 0 aliphatic carbocycles. The van der Waals surface area contributed by atoms with Crippen molar-refractivity contribution in [3.8, 4) is 0 Å². The van der Waals surface area contributed by atoms with Crippen LogP contribution in [0.4, 0.5) is 0 Å². The van der Waals surface area contributed by atoms with Crippen molar-refractivity contribution < 1.29 is 14.0 Å². The summed E-state index contributed by atoms with van der Waals surface area (Å²) < 4.78 is 7.31. The van der Waals surface area contributed by atoms with Gasteiger partial charge < -0.3 is 9.73 Å². The molecule has 0 aromatic carbocycles. The van der Waals surface area contributed by atoms with E-state index in [1.165, 1.54) is 39.6 Å². The molecule has 8 heteroatoms. The first-order valence-corrected chi connectivity index (χ1v) is 9.97. The summed E-state index contributed by atoms with van der Waals surface area (Å²) in [5.41, 5.74) is -0.300. The minimum absolute atomic E-state index is 0.0406. The Labute approximate surface area is 163 Å². The van der Waals surface area contributed by atoms with Gasteiger partial charge >= 0.3 is 0 Å². The highest BCUT2D eigenvalue weighted by atomic mass is 32.1. The summed E-state index contributed by atoms with van der Waals surface area (Å²) in [6.45, 7) is 3.54. The van der Waals surface area contributed by atoms with Crippen LogP contribution in [0.5, 0.6) is 0 Å². The van der Waals surface area contributed by atoms with Gasteiger partial charge in [-0.2, -0.15) is 0 Å². The Balaban J connectivity index is 2.08. The molecule has 0 saturated heterocycles. The Bertz CT molecular complexity index is 1100. The fraction of sp³-hybridized carbons (Fsp3) is 0.211. The molecule has 1 N–H and O–H groups in total. The smallest absolute Gasteiger partial charge is 0.269 e. The summed E-state index contributed by atoms with van der Waals surface area (Å²) in [6, 6.07) is 6.93. The van der Waals surface area contributed by atoms with Crippen molar-refractivity contribution in [2.75, 3.05) is 0 Å². The molecule has 0 aliphatic rings. The lowest BCUT2D eigenvalue weighted by molar-refractivity contribution is -0.122. The Morgan fingerprint density at radius 3 is 2.74 bits per heavy atom. The quantitative estimate of drug-likeness (QED) is 0.635. The zero-order chi connectivity index (χ0) is 19.4. The van der Waals surface area contributed by atoms with Crippen LogP contribution >= 0.6 is 22.7 Å². The van der Waals surface area contributed by atoms with E-state index in [-0.39, 0.29) is 35.6 Å². The standard InChI is InChI=1S/C19H18N2O4S2/c1-12(2)20-17(23)11-21-18(10-14(22)15-6-3-7-25-15)27-16(19(21)24)9-13-5-4-8-26-13/h3-10,12H,11H2,1-2H3,(H,20,23)/b16-9+,18-10-. The number of hydrogen-bond donors (Lipinski definition) is 1. The Morgan fingerprint density at radius 2 is 2.11 bits per heavy atom. The number of Topliss-reactive ketones (excluding diaryl/α,β-unsaturated/α-hetero) is 1. The summed E-state index contributed by atoms with van der Waals surface area (Å²) >= 11 is 2.68. The van der Waals surface area contributed by atoms with Crippen LogP contribution in [0, 0.1) is 0 Å². The summed E-state index contributed by atoms with van der Waals surface area (Å²) in [6.07, 6.45) is 4.51. The maximum Gasteiger partial charge on any atom is 0.269 e. The van der Waals surface area contributed by atoms with E-state index in [4.69, 9.17) is 4.42 Å². The van der Waals surface area contributed by atoms with Gasteiger partial charge in [0, 0.05) is 17.0 Å². The number of thiophene rings is 1. The third-order valence-corrected chi connectivity index (χ3v) is 5.40. The predicted octanol–water partition coefficient (Wildman–Crippen LogP) is 1.58. The molecule has 0 aliphatic heterocycles. The molecule has 140 valence electrons. The van der Waals surface area contributed by atoms with Crippen molar-refractivity contribution in [3.63, 3.8) is 0 Å². The van der Waals surface area contributed by atoms with E-state index >= 15 is 0 Å². The Hall–Kier alpha value is -2.71. The first-order valence-electron chi connectivity index (χ1n) is 8.28. The number of thiazole rings is 1. The van der Waals surface area contributed by atoms with E-state index in [1.54, 1.807) is 18.2 Å². The van der Waals surface area contributed by atoms with Gasteiger partial charge in [0.05, 0.1) is 10.8 Å². The number of nitrogens with zero attached hydrogens (tertiary/aromatic N) is 1. The first-order chi connectivity index (χ1) is 12.9. The summed E-state index contributed by atoms with van der Waals surface area (Å²) in [5.74, 6) is -0.465. The number of carbonyl (C=O) groups is 2. The fourth-order valence-electron chi connectivity index (χ4n) is 2.41. The molecular formula is C19H18N2O4S2. The lowest BCUT2D eigenvalue weighted by Crippen LogP contribution is -2.40. The van der Waals surface area contributed by atoms with Crippen LogP contribution in [0.15, 0.2) is 45.1 Å². The molecule has 0 bridgehead atoms. The molecule has 0 saturated carbocycles. The molecule has 0 atom stereocenters. The second-order valence-corrected chi connectivity index (χ2v) is 8.11. The fourth-order valence-corrected chi connectivity index (χ4v) is 4.17. The lowest BCUT2D eigenvalue weighted by atomic mass is 10.3. The molecule has 27 heavy (non-hydrogen) atoms.